The van der Waals surface area contributed by atoms with E-state index in [0.717, 1.165) is 6.42 Å². The van der Waals surface area contributed by atoms with Crippen LogP contribution in [0.15, 0.2) is 24.3 Å². The van der Waals surface area contributed by atoms with Crippen molar-refractivity contribution in [3.05, 3.63) is 29.8 Å². The topological polar surface area (TPSA) is 46.1 Å². The summed E-state index contributed by atoms with van der Waals surface area (Å²) in [6.07, 6.45) is 4.74. The Kier molecular flexibility index (Phi) is 3.68. The lowest BCUT2D eigenvalue weighted by molar-refractivity contribution is -0.427. The lowest BCUT2D eigenvalue weighted by Gasteiger charge is -2.27. The Bertz CT molecular complexity index is 553. The number of primary amides is 1. The molecular weight excluding hydrogens is 260 g/mol. The highest BCUT2D eigenvalue weighted by Crippen LogP contribution is 2.46. The Morgan fingerprint density at radius 2 is 2.11 bits per heavy atom. The zero-order valence-corrected chi connectivity index (χ0v) is 11.9. The minimum atomic E-state index is -0.257. The second kappa shape index (κ2) is 4.97. The highest BCUT2D eigenvalue weighted by Gasteiger charge is 2.49. The van der Waals surface area contributed by atoms with E-state index in [2.05, 4.69) is 29.7 Å². The third-order valence-corrected chi connectivity index (χ3v) is 4.41. The van der Waals surface area contributed by atoms with Crippen LogP contribution >= 0.6 is 0 Å². The van der Waals surface area contributed by atoms with Gasteiger partial charge in [-0.3, -0.25) is 4.79 Å². The van der Waals surface area contributed by atoms with Crippen LogP contribution in [0.1, 0.15) is 38.2 Å². The number of rotatable bonds is 2. The van der Waals surface area contributed by atoms with E-state index >= 15 is 0 Å². The summed E-state index contributed by atoms with van der Waals surface area (Å²) in [5.74, 6) is -0.257. The number of carbonyl (C=O) groups excluding carboxylic acids is 1. The van der Waals surface area contributed by atoms with Gasteiger partial charge in [0, 0.05) is 18.1 Å². The van der Waals surface area contributed by atoms with Gasteiger partial charge in [-0.2, -0.15) is 4.58 Å². The molecule has 102 valence electrons. The number of hydrogen-bond donors (Lipinski definition) is 1. The van der Waals surface area contributed by atoms with Crippen molar-refractivity contribution in [1.82, 2.24) is 0 Å². The number of carbonyl (C=O) groups is 1. The van der Waals surface area contributed by atoms with E-state index in [1.807, 2.05) is 6.07 Å². The molecule has 0 radical (unpaired) electrons. The van der Waals surface area contributed by atoms with E-state index in [4.69, 9.17) is 5.73 Å². The quantitative estimate of drug-likeness (QED) is 0.701. The normalized spacial score (nSPS) is 24.5. The first-order valence-electron chi connectivity index (χ1n) is 6.64. The summed E-state index contributed by atoms with van der Waals surface area (Å²) in [7, 11) is 0. The zero-order chi connectivity index (χ0) is 12.8. The fraction of sp³-hybridized carbons (Fsp3) is 0.467. The van der Waals surface area contributed by atoms with Gasteiger partial charge in [0.05, 0.1) is 5.41 Å². The molecule has 1 saturated carbocycles. The third-order valence-electron chi connectivity index (χ3n) is 4.41. The molecule has 1 fully saturated rings. The largest absolute Gasteiger partial charge is 1.00 e. The van der Waals surface area contributed by atoms with E-state index in [1.165, 1.54) is 36.2 Å². The van der Waals surface area contributed by atoms with Crippen molar-refractivity contribution in [3.63, 3.8) is 0 Å². The number of nitrogens with two attached hydrogens (primary N) is 1. The van der Waals surface area contributed by atoms with Gasteiger partial charge in [0.15, 0.2) is 5.71 Å². The van der Waals surface area contributed by atoms with Gasteiger partial charge in [-0.25, -0.2) is 0 Å². The summed E-state index contributed by atoms with van der Waals surface area (Å²) >= 11 is 0. The maximum atomic E-state index is 11.3. The Morgan fingerprint density at radius 3 is 2.84 bits per heavy atom. The Labute approximate surface area is 119 Å². The molecule has 1 aromatic rings. The molecule has 1 aliphatic carbocycles. The molecule has 1 heterocycles. The molecule has 4 heteroatoms. The molecule has 1 aromatic carbocycles. The van der Waals surface area contributed by atoms with Gasteiger partial charge < -0.3 is 18.1 Å². The first-order chi connectivity index (χ1) is 8.63. The smallest absolute Gasteiger partial charge is 0.283 e. The predicted molar refractivity (Wildman–Crippen MR) is 71.3 cm³/mol. The molecule has 0 spiro atoms. The number of para-hydroxylation sites is 1. The summed E-state index contributed by atoms with van der Waals surface area (Å²) in [6.45, 7) is 2.61. The average molecular weight is 279 g/mol. The molecule has 3 nitrogen and oxygen atoms in total. The van der Waals surface area contributed by atoms with E-state index in [9.17, 15) is 4.79 Å². The Hall–Kier alpha value is -1.35. The minimum Gasteiger partial charge on any atom is -1.00 e. The van der Waals surface area contributed by atoms with Crippen molar-refractivity contribution in [2.75, 3.05) is 6.54 Å². The molecular formula is C15H19ClN2O. The van der Waals surface area contributed by atoms with Crippen LogP contribution < -0.4 is 18.1 Å². The van der Waals surface area contributed by atoms with Crippen LogP contribution in [0.3, 0.4) is 0 Å². The number of benzene rings is 1. The third kappa shape index (κ3) is 2.06. The molecule has 2 aliphatic rings. The van der Waals surface area contributed by atoms with Crippen molar-refractivity contribution in [1.29, 1.82) is 0 Å². The highest BCUT2D eigenvalue weighted by atomic mass is 35.5. The van der Waals surface area contributed by atoms with Gasteiger partial charge in [0.25, 0.3) is 5.91 Å². The fourth-order valence-corrected chi connectivity index (χ4v) is 3.57. The van der Waals surface area contributed by atoms with Gasteiger partial charge in [-0.15, -0.1) is 0 Å². The van der Waals surface area contributed by atoms with Gasteiger partial charge >= 0.3 is 0 Å². The van der Waals surface area contributed by atoms with E-state index < -0.39 is 0 Å². The SMILES string of the molecule is CC12CCCCC1=[N+](CC(N)=O)c1ccccc12.[Cl-]. The first kappa shape index (κ1) is 14.1. The number of hydrogen-bond acceptors (Lipinski definition) is 1. The average Bonchev–Trinajstić information content (AvgIpc) is 2.60. The van der Waals surface area contributed by atoms with Crippen LogP contribution in [0, 0.1) is 0 Å². The van der Waals surface area contributed by atoms with Crippen LogP contribution in [0.4, 0.5) is 5.69 Å². The van der Waals surface area contributed by atoms with Crippen LogP contribution in [0.5, 0.6) is 0 Å². The predicted octanol–water partition coefficient (Wildman–Crippen LogP) is -0.894. The molecule has 1 amide bonds. The lowest BCUT2D eigenvalue weighted by Crippen LogP contribution is -3.00. The van der Waals surface area contributed by atoms with Gasteiger partial charge in [0.1, 0.15) is 0 Å². The molecule has 0 aromatic heterocycles. The molecule has 0 bridgehead atoms. The van der Waals surface area contributed by atoms with Crippen molar-refractivity contribution >= 4 is 17.3 Å². The molecule has 3 rings (SSSR count). The Morgan fingerprint density at radius 1 is 1.37 bits per heavy atom. The summed E-state index contributed by atoms with van der Waals surface area (Å²) in [6, 6.07) is 8.43. The summed E-state index contributed by atoms with van der Waals surface area (Å²) in [5.41, 5.74) is 9.44. The second-order valence-electron chi connectivity index (χ2n) is 5.56. The summed E-state index contributed by atoms with van der Waals surface area (Å²) < 4.78 is 2.15. The Balaban J connectivity index is 0.00000133. The van der Waals surface area contributed by atoms with Crippen molar-refractivity contribution in [3.8, 4) is 0 Å². The summed E-state index contributed by atoms with van der Waals surface area (Å²) in [5, 5.41) is 0. The molecule has 0 saturated heterocycles. The number of amides is 1. The molecule has 2 N–H and O–H groups in total. The molecule has 1 aliphatic heterocycles. The highest BCUT2D eigenvalue weighted by molar-refractivity contribution is 5.96. The molecule has 1 unspecified atom stereocenters. The number of halogens is 1. The molecule has 1 atom stereocenters. The number of nitrogens with zero attached hydrogens (tertiary/aromatic N) is 1. The van der Waals surface area contributed by atoms with Crippen molar-refractivity contribution in [2.45, 2.75) is 38.0 Å². The van der Waals surface area contributed by atoms with Gasteiger partial charge in [0.2, 0.25) is 12.2 Å². The second-order valence-corrected chi connectivity index (χ2v) is 5.56. The van der Waals surface area contributed by atoms with Crippen LogP contribution in [0.2, 0.25) is 0 Å². The minimum absolute atomic E-state index is 0. The van der Waals surface area contributed by atoms with Crippen LogP contribution in [-0.2, 0) is 10.2 Å². The maximum Gasteiger partial charge on any atom is 0.283 e. The van der Waals surface area contributed by atoms with E-state index in [-0.39, 0.29) is 23.7 Å². The fourth-order valence-electron chi connectivity index (χ4n) is 3.57. The standard InChI is InChI=1S/C15H18N2O.ClH/c1-15-9-5-4-8-13(15)17(10-14(16)18)12-7-3-2-6-11(12)15;/h2-3,6-7H,4-5,8-10H2,1H3,(H-,16,18);1H. The summed E-state index contributed by atoms with van der Waals surface area (Å²) in [4.78, 5) is 11.3. The lowest BCUT2D eigenvalue weighted by atomic mass is 9.71. The van der Waals surface area contributed by atoms with Crippen LogP contribution in [-0.4, -0.2) is 22.7 Å². The monoisotopic (exact) mass is 278 g/mol. The first-order valence-corrected chi connectivity index (χ1v) is 6.64. The van der Waals surface area contributed by atoms with Gasteiger partial charge in [-0.1, -0.05) is 24.6 Å². The maximum absolute atomic E-state index is 11.3. The zero-order valence-electron chi connectivity index (χ0n) is 11.2. The van der Waals surface area contributed by atoms with E-state index in [0.29, 0.717) is 6.54 Å². The van der Waals surface area contributed by atoms with Gasteiger partial charge in [-0.05, 0) is 19.8 Å². The van der Waals surface area contributed by atoms with E-state index in [1.54, 1.807) is 0 Å². The molecule has 19 heavy (non-hydrogen) atoms. The number of fused-ring (bicyclic) bond motifs is 3. The van der Waals surface area contributed by atoms with Crippen molar-refractivity contribution in [2.24, 2.45) is 5.73 Å². The van der Waals surface area contributed by atoms with Crippen LogP contribution in [0.25, 0.3) is 0 Å². The van der Waals surface area contributed by atoms with Crippen molar-refractivity contribution < 1.29 is 21.8 Å².